The molecule has 1 aromatic carbocycles. The lowest BCUT2D eigenvalue weighted by atomic mass is 10.00. The lowest BCUT2D eigenvalue weighted by Crippen LogP contribution is -2.01. The number of aromatic nitrogens is 2. The van der Waals surface area contributed by atoms with Crippen LogP contribution in [0.2, 0.25) is 0 Å². The Kier molecular flexibility index (Phi) is 4.53. The van der Waals surface area contributed by atoms with E-state index in [0.29, 0.717) is 22.3 Å². The molecule has 2 aromatic heterocycles. The largest absolute Gasteiger partial charge is 0.345 e. The van der Waals surface area contributed by atoms with Crippen molar-refractivity contribution >= 4 is 28.7 Å². The number of carbonyl (C=O) groups is 2. The van der Waals surface area contributed by atoms with Crippen LogP contribution in [0.1, 0.15) is 34.8 Å². The highest BCUT2D eigenvalue weighted by Gasteiger charge is 2.15. The Hall–Kier alpha value is -3.52. The van der Waals surface area contributed by atoms with Crippen molar-refractivity contribution in [1.29, 1.82) is 5.26 Å². The molecule has 0 fully saturated rings. The molecule has 0 amide bonds. The second-order valence-corrected chi connectivity index (χ2v) is 5.50. The lowest BCUT2D eigenvalue weighted by Gasteiger charge is -2.02. The van der Waals surface area contributed by atoms with Gasteiger partial charge in [0, 0.05) is 35.3 Å². The number of nitrogens with one attached hydrogen (secondary N) is 1. The molecule has 0 spiro atoms. The summed E-state index contributed by atoms with van der Waals surface area (Å²) in [4.78, 5) is 31.7. The van der Waals surface area contributed by atoms with Crippen molar-refractivity contribution in [2.24, 2.45) is 0 Å². The Morgan fingerprint density at radius 2 is 2.12 bits per heavy atom. The summed E-state index contributed by atoms with van der Waals surface area (Å²) in [7, 11) is 0. The zero-order valence-corrected chi connectivity index (χ0v) is 13.6. The fourth-order valence-corrected chi connectivity index (χ4v) is 2.60. The Bertz CT molecular complexity index is 1040. The molecule has 1 N–H and O–H groups in total. The molecule has 3 rings (SSSR count). The van der Waals surface area contributed by atoms with Crippen LogP contribution < -0.4 is 0 Å². The molecule has 3 aromatic rings. The van der Waals surface area contributed by atoms with Gasteiger partial charge in [0.1, 0.15) is 11.7 Å². The first-order valence-corrected chi connectivity index (χ1v) is 7.86. The van der Waals surface area contributed by atoms with Gasteiger partial charge in [0.05, 0.1) is 5.57 Å². The zero-order chi connectivity index (χ0) is 17.8. The predicted molar refractivity (Wildman–Crippen MR) is 94.9 cm³/mol. The van der Waals surface area contributed by atoms with Crippen LogP contribution in [0.5, 0.6) is 0 Å². The highest BCUT2D eigenvalue weighted by atomic mass is 16.1. The van der Waals surface area contributed by atoms with Crippen molar-refractivity contribution in [3.05, 3.63) is 71.1 Å². The summed E-state index contributed by atoms with van der Waals surface area (Å²) in [5.41, 5.74) is 2.40. The number of fused-ring (bicyclic) bond motifs is 1. The molecule has 0 aliphatic carbocycles. The van der Waals surface area contributed by atoms with E-state index in [1.54, 1.807) is 49.6 Å². The number of ketones is 2. The van der Waals surface area contributed by atoms with E-state index in [2.05, 4.69) is 9.97 Å². The number of nitrogens with zero attached hydrogens (tertiary/aromatic N) is 2. The van der Waals surface area contributed by atoms with E-state index in [0.717, 1.165) is 5.39 Å². The van der Waals surface area contributed by atoms with E-state index in [9.17, 15) is 9.59 Å². The Labute approximate surface area is 144 Å². The SMILES string of the molecule is CCC(=O)/C(C#N)=C/c1cccc(C(=O)c2c[nH]c3ncccc23)c1. The Balaban J connectivity index is 1.99. The second kappa shape index (κ2) is 6.93. The summed E-state index contributed by atoms with van der Waals surface area (Å²) in [5, 5.41) is 9.88. The fourth-order valence-electron chi connectivity index (χ4n) is 2.60. The maximum absolute atomic E-state index is 12.8. The molecule has 0 unspecified atom stereocenters. The minimum absolute atomic E-state index is 0.0865. The van der Waals surface area contributed by atoms with Crippen LogP contribution in [0.15, 0.2) is 54.4 Å². The first-order chi connectivity index (χ1) is 12.1. The number of Topliss-reactive ketones (excluding diaryl/α,β-unsaturated/α-hetero) is 1. The van der Waals surface area contributed by atoms with Gasteiger partial charge < -0.3 is 4.98 Å². The van der Waals surface area contributed by atoms with Gasteiger partial charge >= 0.3 is 0 Å². The van der Waals surface area contributed by atoms with Crippen LogP contribution in [0.3, 0.4) is 0 Å². The minimum Gasteiger partial charge on any atom is -0.345 e. The Morgan fingerprint density at radius 3 is 2.88 bits per heavy atom. The van der Waals surface area contributed by atoms with Gasteiger partial charge in [0.2, 0.25) is 0 Å². The quantitative estimate of drug-likeness (QED) is 0.439. The molecule has 5 nitrogen and oxygen atoms in total. The van der Waals surface area contributed by atoms with E-state index in [4.69, 9.17) is 5.26 Å². The standard InChI is InChI=1S/C20H15N3O2/c1-2-18(24)15(11-21)10-13-5-3-6-14(9-13)19(25)17-12-23-20-16(17)7-4-8-22-20/h3-10,12H,2H2,1H3,(H,22,23)/b15-10+. The number of benzene rings is 1. The summed E-state index contributed by atoms with van der Waals surface area (Å²) in [5.74, 6) is -0.364. The van der Waals surface area contributed by atoms with Crippen LogP contribution in [-0.4, -0.2) is 21.5 Å². The smallest absolute Gasteiger partial charge is 0.195 e. The molecule has 0 saturated carbocycles. The molecule has 5 heteroatoms. The van der Waals surface area contributed by atoms with Crippen LogP contribution in [0, 0.1) is 11.3 Å². The number of carbonyl (C=O) groups excluding carboxylic acids is 2. The number of hydrogen-bond donors (Lipinski definition) is 1. The summed E-state index contributed by atoms with van der Waals surface area (Å²) >= 11 is 0. The number of aromatic amines is 1. The van der Waals surface area contributed by atoms with E-state index >= 15 is 0 Å². The number of nitriles is 1. The normalized spacial score (nSPS) is 11.3. The molecular weight excluding hydrogens is 314 g/mol. The molecule has 0 atom stereocenters. The predicted octanol–water partition coefficient (Wildman–Crippen LogP) is 3.68. The molecule has 0 aliphatic heterocycles. The van der Waals surface area contributed by atoms with Gasteiger partial charge in [-0.1, -0.05) is 25.1 Å². The van der Waals surface area contributed by atoms with E-state index in [-0.39, 0.29) is 23.6 Å². The molecule has 0 aliphatic rings. The summed E-state index contributed by atoms with van der Waals surface area (Å²) in [6.07, 6.45) is 5.08. The number of allylic oxidation sites excluding steroid dienone is 1. The van der Waals surface area contributed by atoms with Crippen LogP contribution in [0.25, 0.3) is 17.1 Å². The highest BCUT2D eigenvalue weighted by molar-refractivity contribution is 6.16. The van der Waals surface area contributed by atoms with Crippen LogP contribution in [-0.2, 0) is 4.79 Å². The molecule has 122 valence electrons. The molecule has 0 radical (unpaired) electrons. The average molecular weight is 329 g/mol. The van der Waals surface area contributed by atoms with Crippen molar-refractivity contribution in [3.63, 3.8) is 0 Å². The number of pyridine rings is 1. The van der Waals surface area contributed by atoms with Crippen LogP contribution >= 0.6 is 0 Å². The lowest BCUT2D eigenvalue weighted by molar-refractivity contribution is -0.114. The van der Waals surface area contributed by atoms with Gasteiger partial charge in [-0.15, -0.1) is 0 Å². The third-order valence-electron chi connectivity index (χ3n) is 3.90. The van der Waals surface area contributed by atoms with Gasteiger partial charge in [-0.05, 0) is 29.8 Å². The zero-order valence-electron chi connectivity index (χ0n) is 13.6. The fraction of sp³-hybridized carbons (Fsp3) is 0.100. The third-order valence-corrected chi connectivity index (χ3v) is 3.90. The second-order valence-electron chi connectivity index (χ2n) is 5.50. The third kappa shape index (κ3) is 3.24. The molecule has 25 heavy (non-hydrogen) atoms. The summed E-state index contributed by atoms with van der Waals surface area (Å²) < 4.78 is 0. The highest BCUT2D eigenvalue weighted by Crippen LogP contribution is 2.20. The van der Waals surface area contributed by atoms with E-state index in [1.807, 2.05) is 12.1 Å². The van der Waals surface area contributed by atoms with Crippen molar-refractivity contribution in [2.75, 3.05) is 0 Å². The topological polar surface area (TPSA) is 86.6 Å². The number of rotatable bonds is 5. The van der Waals surface area contributed by atoms with Gasteiger partial charge in [0.15, 0.2) is 11.6 Å². The number of hydrogen-bond acceptors (Lipinski definition) is 4. The average Bonchev–Trinajstić information content (AvgIpc) is 3.09. The van der Waals surface area contributed by atoms with E-state index in [1.165, 1.54) is 6.08 Å². The molecular formula is C20H15N3O2. The van der Waals surface area contributed by atoms with Gasteiger partial charge in [-0.25, -0.2) is 4.98 Å². The molecule has 0 saturated heterocycles. The van der Waals surface area contributed by atoms with Crippen molar-refractivity contribution in [1.82, 2.24) is 9.97 Å². The Morgan fingerprint density at radius 1 is 1.28 bits per heavy atom. The van der Waals surface area contributed by atoms with Crippen molar-refractivity contribution in [2.45, 2.75) is 13.3 Å². The minimum atomic E-state index is -0.220. The van der Waals surface area contributed by atoms with Crippen molar-refractivity contribution in [3.8, 4) is 6.07 Å². The first kappa shape index (κ1) is 16.3. The molecule has 2 heterocycles. The number of H-pyrrole nitrogens is 1. The van der Waals surface area contributed by atoms with Gasteiger partial charge in [0.25, 0.3) is 0 Å². The summed E-state index contributed by atoms with van der Waals surface area (Å²) in [6.45, 7) is 1.71. The van der Waals surface area contributed by atoms with Crippen LogP contribution in [0.4, 0.5) is 0 Å². The first-order valence-electron chi connectivity index (χ1n) is 7.86. The van der Waals surface area contributed by atoms with Gasteiger partial charge in [-0.3, -0.25) is 9.59 Å². The maximum atomic E-state index is 12.8. The summed E-state index contributed by atoms with van der Waals surface area (Å²) in [6, 6.07) is 12.4. The van der Waals surface area contributed by atoms with Crippen molar-refractivity contribution < 1.29 is 9.59 Å². The maximum Gasteiger partial charge on any atom is 0.195 e. The van der Waals surface area contributed by atoms with E-state index < -0.39 is 0 Å². The molecule has 0 bridgehead atoms. The van der Waals surface area contributed by atoms with Gasteiger partial charge in [-0.2, -0.15) is 5.26 Å². The monoisotopic (exact) mass is 329 g/mol.